The molecule has 1 aromatic heterocycles. The molecule has 0 aliphatic heterocycles. The van der Waals surface area contributed by atoms with E-state index in [1.165, 1.54) is 11.3 Å². The summed E-state index contributed by atoms with van der Waals surface area (Å²) in [5, 5.41) is 12.4. The van der Waals surface area contributed by atoms with Crippen molar-refractivity contribution in [2.45, 2.75) is 41.0 Å². The summed E-state index contributed by atoms with van der Waals surface area (Å²) in [6.45, 7) is 11.2. The predicted octanol–water partition coefficient (Wildman–Crippen LogP) is 4.18. The van der Waals surface area contributed by atoms with Gasteiger partial charge in [-0.3, -0.25) is 10.1 Å². The molecule has 1 N–H and O–H groups in total. The highest BCUT2D eigenvalue weighted by molar-refractivity contribution is 7.15. The van der Waals surface area contributed by atoms with Gasteiger partial charge in [0.15, 0.2) is 11.5 Å². The molecule has 0 radical (unpaired) electrons. The quantitative estimate of drug-likeness (QED) is 0.799. The molecular formula is C18H25N3O3S. The summed E-state index contributed by atoms with van der Waals surface area (Å²) >= 11 is 1.40. The van der Waals surface area contributed by atoms with E-state index in [1.807, 2.05) is 13.8 Å². The fourth-order valence-corrected chi connectivity index (χ4v) is 3.23. The van der Waals surface area contributed by atoms with Crippen molar-refractivity contribution >= 4 is 22.4 Å². The van der Waals surface area contributed by atoms with E-state index in [0.717, 1.165) is 11.4 Å². The highest BCUT2D eigenvalue weighted by Crippen LogP contribution is 2.29. The van der Waals surface area contributed by atoms with Crippen molar-refractivity contribution in [2.75, 3.05) is 18.5 Å². The fraction of sp³-hybridized carbons (Fsp3) is 0.500. The first kappa shape index (κ1) is 19.2. The average molecular weight is 363 g/mol. The largest absolute Gasteiger partial charge is 0.490 e. The molecule has 6 nitrogen and oxygen atoms in total. The number of carbonyl (C=O) groups is 1. The van der Waals surface area contributed by atoms with Crippen LogP contribution in [0.3, 0.4) is 0 Å². The number of aromatic nitrogens is 2. The molecule has 0 spiro atoms. The van der Waals surface area contributed by atoms with Gasteiger partial charge in [0.05, 0.1) is 13.2 Å². The zero-order chi connectivity index (χ0) is 18.4. The predicted molar refractivity (Wildman–Crippen MR) is 99.8 cm³/mol. The summed E-state index contributed by atoms with van der Waals surface area (Å²) in [5.41, 5.74) is 0.613. The molecular weight excluding hydrogens is 338 g/mol. The lowest BCUT2D eigenvalue weighted by Crippen LogP contribution is -2.12. The Morgan fingerprint density at radius 2 is 1.80 bits per heavy atom. The molecule has 0 saturated carbocycles. The molecule has 1 amide bonds. The number of anilines is 1. The minimum atomic E-state index is -0.248. The van der Waals surface area contributed by atoms with Gasteiger partial charge in [-0.05, 0) is 37.5 Å². The lowest BCUT2D eigenvalue weighted by atomic mass is 9.93. The Balaban J connectivity index is 2.11. The minimum absolute atomic E-state index is 0.127. The summed E-state index contributed by atoms with van der Waals surface area (Å²) in [6.07, 6.45) is 0.818. The van der Waals surface area contributed by atoms with Crippen LogP contribution in [0.25, 0.3) is 0 Å². The van der Waals surface area contributed by atoms with Crippen LogP contribution in [0.4, 0.5) is 5.13 Å². The van der Waals surface area contributed by atoms with E-state index < -0.39 is 0 Å². The number of amides is 1. The van der Waals surface area contributed by atoms with Crippen LogP contribution in [-0.2, 0) is 6.42 Å². The topological polar surface area (TPSA) is 73.3 Å². The lowest BCUT2D eigenvalue weighted by molar-refractivity contribution is 0.102. The third-order valence-corrected chi connectivity index (χ3v) is 4.01. The normalized spacial score (nSPS) is 11.2. The molecule has 0 atom stereocenters. The van der Waals surface area contributed by atoms with Gasteiger partial charge in [-0.2, -0.15) is 0 Å². The Morgan fingerprint density at radius 1 is 1.12 bits per heavy atom. The third kappa shape index (κ3) is 5.70. The Kier molecular flexibility index (Phi) is 6.36. The summed E-state index contributed by atoms with van der Waals surface area (Å²) in [7, 11) is 0. The SMILES string of the molecule is CCOc1ccc(C(=O)Nc2nnc(CC(C)(C)C)s2)cc1OCC. The van der Waals surface area contributed by atoms with E-state index in [4.69, 9.17) is 9.47 Å². The molecule has 1 heterocycles. The van der Waals surface area contributed by atoms with E-state index in [9.17, 15) is 4.79 Å². The first-order valence-corrected chi connectivity index (χ1v) is 9.17. The maximum Gasteiger partial charge on any atom is 0.257 e. The number of hydrogen-bond donors (Lipinski definition) is 1. The first-order chi connectivity index (χ1) is 11.8. The van der Waals surface area contributed by atoms with Gasteiger partial charge in [-0.25, -0.2) is 0 Å². The van der Waals surface area contributed by atoms with Crippen molar-refractivity contribution < 1.29 is 14.3 Å². The zero-order valence-electron chi connectivity index (χ0n) is 15.4. The standard InChI is InChI=1S/C18H25N3O3S/c1-6-23-13-9-8-12(10-14(13)24-7-2)16(22)19-17-21-20-15(25-17)11-18(3,4)5/h8-10H,6-7,11H2,1-5H3,(H,19,21,22). The lowest BCUT2D eigenvalue weighted by Gasteiger charge is -2.14. The van der Waals surface area contributed by atoms with E-state index in [0.29, 0.717) is 35.4 Å². The number of rotatable bonds is 7. The van der Waals surface area contributed by atoms with Crippen LogP contribution < -0.4 is 14.8 Å². The Morgan fingerprint density at radius 3 is 2.44 bits per heavy atom. The Labute approximate surface area is 152 Å². The van der Waals surface area contributed by atoms with E-state index in [1.54, 1.807) is 18.2 Å². The van der Waals surface area contributed by atoms with Crippen molar-refractivity contribution in [1.82, 2.24) is 10.2 Å². The second kappa shape index (κ2) is 8.29. The number of benzene rings is 1. The highest BCUT2D eigenvalue weighted by Gasteiger charge is 2.17. The summed E-state index contributed by atoms with van der Waals surface area (Å²) in [4.78, 5) is 12.5. The maximum absolute atomic E-state index is 12.5. The molecule has 0 fully saturated rings. The maximum atomic E-state index is 12.5. The minimum Gasteiger partial charge on any atom is -0.490 e. The number of nitrogens with zero attached hydrogens (tertiary/aromatic N) is 2. The molecule has 136 valence electrons. The molecule has 0 saturated heterocycles. The van der Waals surface area contributed by atoms with E-state index >= 15 is 0 Å². The number of nitrogens with one attached hydrogen (secondary N) is 1. The van der Waals surface area contributed by atoms with Crippen LogP contribution in [-0.4, -0.2) is 29.3 Å². The smallest absolute Gasteiger partial charge is 0.257 e. The third-order valence-electron chi connectivity index (χ3n) is 3.17. The van der Waals surface area contributed by atoms with Gasteiger partial charge in [0.1, 0.15) is 5.01 Å². The molecule has 0 aliphatic carbocycles. The Bertz CT molecular complexity index is 723. The van der Waals surface area contributed by atoms with E-state index in [2.05, 4.69) is 36.3 Å². The van der Waals surface area contributed by atoms with E-state index in [-0.39, 0.29) is 11.3 Å². The molecule has 25 heavy (non-hydrogen) atoms. The van der Waals surface area contributed by atoms with Crippen molar-refractivity contribution in [3.8, 4) is 11.5 Å². The summed E-state index contributed by atoms with van der Waals surface area (Å²) in [5.74, 6) is 0.939. The van der Waals surface area contributed by atoms with Gasteiger partial charge >= 0.3 is 0 Å². The van der Waals surface area contributed by atoms with Crippen LogP contribution in [0.1, 0.15) is 50.0 Å². The molecule has 0 unspecified atom stereocenters. The average Bonchev–Trinajstić information content (AvgIpc) is 2.94. The first-order valence-electron chi connectivity index (χ1n) is 8.35. The van der Waals surface area contributed by atoms with Crippen LogP contribution in [0, 0.1) is 5.41 Å². The van der Waals surface area contributed by atoms with Crippen molar-refractivity contribution in [2.24, 2.45) is 5.41 Å². The number of carbonyl (C=O) groups excluding carboxylic acids is 1. The monoisotopic (exact) mass is 363 g/mol. The summed E-state index contributed by atoms with van der Waals surface area (Å²) in [6, 6.07) is 5.13. The number of hydrogen-bond acceptors (Lipinski definition) is 6. The molecule has 1 aromatic carbocycles. The molecule has 7 heteroatoms. The van der Waals surface area contributed by atoms with Gasteiger partial charge < -0.3 is 9.47 Å². The van der Waals surface area contributed by atoms with Crippen molar-refractivity contribution in [3.05, 3.63) is 28.8 Å². The molecule has 0 bridgehead atoms. The van der Waals surface area contributed by atoms with Crippen LogP contribution >= 0.6 is 11.3 Å². The van der Waals surface area contributed by atoms with Gasteiger partial charge in [0, 0.05) is 12.0 Å². The highest BCUT2D eigenvalue weighted by atomic mass is 32.1. The van der Waals surface area contributed by atoms with Crippen molar-refractivity contribution in [3.63, 3.8) is 0 Å². The van der Waals surface area contributed by atoms with Crippen LogP contribution in [0.2, 0.25) is 0 Å². The Hall–Kier alpha value is -2.15. The van der Waals surface area contributed by atoms with Crippen LogP contribution in [0.15, 0.2) is 18.2 Å². The second-order valence-electron chi connectivity index (χ2n) is 6.72. The van der Waals surface area contributed by atoms with Crippen molar-refractivity contribution in [1.29, 1.82) is 0 Å². The molecule has 0 aliphatic rings. The van der Waals surface area contributed by atoms with Gasteiger partial charge in [-0.1, -0.05) is 32.1 Å². The number of ether oxygens (including phenoxy) is 2. The summed E-state index contributed by atoms with van der Waals surface area (Å²) < 4.78 is 11.1. The van der Waals surface area contributed by atoms with Gasteiger partial charge in [0.2, 0.25) is 5.13 Å². The van der Waals surface area contributed by atoms with Gasteiger partial charge in [-0.15, -0.1) is 10.2 Å². The van der Waals surface area contributed by atoms with Gasteiger partial charge in [0.25, 0.3) is 5.91 Å². The molecule has 2 rings (SSSR count). The zero-order valence-corrected chi connectivity index (χ0v) is 16.2. The fourth-order valence-electron chi connectivity index (χ4n) is 2.19. The second-order valence-corrected chi connectivity index (χ2v) is 7.78. The molecule has 2 aromatic rings. The van der Waals surface area contributed by atoms with Crippen LogP contribution in [0.5, 0.6) is 11.5 Å².